The van der Waals surface area contributed by atoms with Gasteiger partial charge in [-0.15, -0.1) is 0 Å². The van der Waals surface area contributed by atoms with Gasteiger partial charge in [0.2, 0.25) is 0 Å². The summed E-state index contributed by atoms with van der Waals surface area (Å²) in [6, 6.07) is 17.5. The molecule has 25 heavy (non-hydrogen) atoms. The second-order valence-corrected chi connectivity index (χ2v) is 6.91. The number of likely N-dealkylation sites (tertiary alicyclic amines) is 1. The molecular formula is C21H27N2O2+. The topological polar surface area (TPSA) is 42.8 Å². The molecule has 4 heteroatoms. The molecule has 1 aliphatic heterocycles. The predicted octanol–water partition coefficient (Wildman–Crippen LogP) is 2.69. The molecule has 0 bridgehead atoms. The van der Waals surface area contributed by atoms with Gasteiger partial charge in [-0.05, 0) is 30.9 Å². The molecule has 1 amide bonds. The zero-order valence-electron chi connectivity index (χ0n) is 15.0. The van der Waals surface area contributed by atoms with Crippen LogP contribution in [0.5, 0.6) is 5.75 Å². The van der Waals surface area contributed by atoms with Gasteiger partial charge in [0, 0.05) is 17.3 Å². The van der Waals surface area contributed by atoms with Crippen LogP contribution in [0.25, 0.3) is 0 Å². The molecule has 1 heterocycles. The van der Waals surface area contributed by atoms with Crippen molar-refractivity contribution in [2.75, 3.05) is 25.5 Å². The first-order chi connectivity index (χ1) is 12.2. The monoisotopic (exact) mass is 339 g/mol. The Morgan fingerprint density at radius 2 is 1.84 bits per heavy atom. The van der Waals surface area contributed by atoms with Crippen molar-refractivity contribution in [3.05, 3.63) is 60.2 Å². The third kappa shape index (κ3) is 4.40. The summed E-state index contributed by atoms with van der Waals surface area (Å²) >= 11 is 0. The van der Waals surface area contributed by atoms with E-state index in [9.17, 15) is 4.79 Å². The van der Waals surface area contributed by atoms with Crippen molar-refractivity contribution >= 4 is 11.6 Å². The molecule has 0 unspecified atom stereocenters. The highest BCUT2D eigenvalue weighted by Gasteiger charge is 2.33. The summed E-state index contributed by atoms with van der Waals surface area (Å²) in [4.78, 5) is 14.5. The minimum Gasteiger partial charge on any atom is -0.497 e. The molecule has 1 saturated heterocycles. The second kappa shape index (κ2) is 8.17. The quantitative estimate of drug-likeness (QED) is 0.879. The number of benzene rings is 2. The Morgan fingerprint density at radius 3 is 2.52 bits per heavy atom. The summed E-state index contributed by atoms with van der Waals surface area (Å²) in [7, 11) is 1.63. The average molecular weight is 339 g/mol. The molecule has 132 valence electrons. The summed E-state index contributed by atoms with van der Waals surface area (Å²) in [5, 5.41) is 3.08. The zero-order valence-corrected chi connectivity index (χ0v) is 15.0. The van der Waals surface area contributed by atoms with E-state index in [1.165, 1.54) is 17.7 Å². The van der Waals surface area contributed by atoms with Crippen molar-refractivity contribution < 1.29 is 14.4 Å². The number of ether oxygens (including phenoxy) is 1. The highest BCUT2D eigenvalue weighted by Crippen LogP contribution is 2.19. The smallest absolute Gasteiger partial charge is 0.287 e. The van der Waals surface area contributed by atoms with Gasteiger partial charge in [-0.2, -0.15) is 0 Å². The molecule has 1 atom stereocenters. The molecule has 2 aromatic carbocycles. The van der Waals surface area contributed by atoms with E-state index in [4.69, 9.17) is 4.74 Å². The number of nitrogens with one attached hydrogen (secondary N) is 2. The van der Waals surface area contributed by atoms with Gasteiger partial charge >= 0.3 is 0 Å². The van der Waals surface area contributed by atoms with E-state index in [0.29, 0.717) is 0 Å². The third-order valence-corrected chi connectivity index (χ3v) is 5.06. The van der Waals surface area contributed by atoms with Gasteiger partial charge in [0.05, 0.1) is 20.2 Å². The lowest BCUT2D eigenvalue weighted by Crippen LogP contribution is -3.14. The standard InChI is InChI=1S/C21H26N2O2/c1-16-11-13-23(14-12-16)20(17-7-4-3-5-8-17)21(24)22-18-9-6-10-19(15-18)25-2/h3-10,15-16,20H,11-14H2,1-2H3,(H,22,24)/p+1/t20-/m0/s1. The molecule has 1 fully saturated rings. The third-order valence-electron chi connectivity index (χ3n) is 5.06. The van der Waals surface area contributed by atoms with Crippen molar-refractivity contribution in [3.8, 4) is 5.75 Å². The van der Waals surface area contributed by atoms with Crippen LogP contribution < -0.4 is 15.0 Å². The zero-order chi connectivity index (χ0) is 17.6. The fourth-order valence-corrected chi connectivity index (χ4v) is 3.55. The molecule has 2 N–H and O–H groups in total. The number of anilines is 1. The fraction of sp³-hybridized carbons (Fsp3) is 0.381. The number of carbonyl (C=O) groups is 1. The predicted molar refractivity (Wildman–Crippen MR) is 99.9 cm³/mol. The Labute approximate surface area is 149 Å². The lowest BCUT2D eigenvalue weighted by atomic mass is 9.95. The lowest BCUT2D eigenvalue weighted by molar-refractivity contribution is -0.927. The maximum absolute atomic E-state index is 13.1. The van der Waals surface area contributed by atoms with Gasteiger partial charge in [0.15, 0.2) is 6.04 Å². The molecule has 0 aromatic heterocycles. The Morgan fingerprint density at radius 1 is 1.12 bits per heavy atom. The van der Waals surface area contributed by atoms with E-state index in [1.54, 1.807) is 7.11 Å². The van der Waals surface area contributed by atoms with E-state index in [0.717, 1.165) is 36.0 Å². The van der Waals surface area contributed by atoms with Crippen LogP contribution in [0.15, 0.2) is 54.6 Å². The van der Waals surface area contributed by atoms with Gasteiger partial charge in [-0.3, -0.25) is 4.79 Å². The van der Waals surface area contributed by atoms with Crippen LogP contribution in [0, 0.1) is 5.92 Å². The first-order valence-electron chi connectivity index (χ1n) is 9.02. The SMILES string of the molecule is COc1cccc(NC(=O)[C@H](c2ccccc2)[NH+]2CCC(C)CC2)c1. The Hall–Kier alpha value is -2.33. The van der Waals surface area contributed by atoms with Crippen molar-refractivity contribution in [2.24, 2.45) is 5.92 Å². The number of carbonyl (C=O) groups excluding carboxylic acids is 1. The van der Waals surface area contributed by atoms with E-state index in [2.05, 4.69) is 24.4 Å². The van der Waals surface area contributed by atoms with Crippen LogP contribution in [0.3, 0.4) is 0 Å². The van der Waals surface area contributed by atoms with Gasteiger partial charge in [-0.25, -0.2) is 0 Å². The molecular weight excluding hydrogens is 312 g/mol. The number of methoxy groups -OCH3 is 1. The van der Waals surface area contributed by atoms with Crippen LogP contribution in [-0.2, 0) is 4.79 Å². The van der Waals surface area contributed by atoms with Crippen molar-refractivity contribution in [2.45, 2.75) is 25.8 Å². The molecule has 4 nitrogen and oxygen atoms in total. The fourth-order valence-electron chi connectivity index (χ4n) is 3.55. The molecule has 0 aliphatic carbocycles. The minimum absolute atomic E-state index is 0.0454. The maximum Gasteiger partial charge on any atom is 0.287 e. The normalized spacial score (nSPS) is 21.4. The van der Waals surface area contributed by atoms with E-state index < -0.39 is 0 Å². The molecule has 0 spiro atoms. The van der Waals surface area contributed by atoms with Crippen LogP contribution >= 0.6 is 0 Å². The Bertz CT molecular complexity index is 694. The summed E-state index contributed by atoms with van der Waals surface area (Å²) in [5.41, 5.74) is 1.85. The van der Waals surface area contributed by atoms with Gasteiger partial charge < -0.3 is 15.0 Å². The van der Waals surface area contributed by atoms with Crippen LogP contribution in [0.1, 0.15) is 31.4 Å². The number of amides is 1. The minimum atomic E-state index is -0.181. The van der Waals surface area contributed by atoms with Gasteiger partial charge in [0.25, 0.3) is 5.91 Å². The molecule has 3 rings (SSSR count). The molecule has 0 radical (unpaired) electrons. The van der Waals surface area contributed by atoms with Crippen LogP contribution in [0.2, 0.25) is 0 Å². The largest absolute Gasteiger partial charge is 0.497 e. The lowest BCUT2D eigenvalue weighted by Gasteiger charge is -2.33. The van der Waals surface area contributed by atoms with Gasteiger partial charge in [-0.1, -0.05) is 43.3 Å². The highest BCUT2D eigenvalue weighted by atomic mass is 16.5. The van der Waals surface area contributed by atoms with Gasteiger partial charge in [0.1, 0.15) is 5.75 Å². The number of hydrogen-bond acceptors (Lipinski definition) is 2. The number of rotatable bonds is 5. The Balaban J connectivity index is 1.82. The average Bonchev–Trinajstić information content (AvgIpc) is 2.64. The Kier molecular flexibility index (Phi) is 5.71. The van der Waals surface area contributed by atoms with Crippen LogP contribution in [-0.4, -0.2) is 26.1 Å². The van der Waals surface area contributed by atoms with E-state index in [1.807, 2.05) is 42.5 Å². The molecule has 1 aliphatic rings. The summed E-state index contributed by atoms with van der Waals surface area (Å²) in [6.45, 7) is 4.36. The summed E-state index contributed by atoms with van der Waals surface area (Å²) in [5.74, 6) is 1.54. The number of quaternary nitrogens is 1. The summed E-state index contributed by atoms with van der Waals surface area (Å²) < 4.78 is 5.25. The summed E-state index contributed by atoms with van der Waals surface area (Å²) in [6.07, 6.45) is 2.34. The maximum atomic E-state index is 13.1. The van der Waals surface area contributed by atoms with Crippen molar-refractivity contribution in [1.29, 1.82) is 0 Å². The number of piperidine rings is 1. The van der Waals surface area contributed by atoms with Crippen LogP contribution in [0.4, 0.5) is 5.69 Å². The molecule has 0 saturated carbocycles. The highest BCUT2D eigenvalue weighted by molar-refractivity contribution is 5.94. The van der Waals surface area contributed by atoms with Crippen molar-refractivity contribution in [3.63, 3.8) is 0 Å². The van der Waals surface area contributed by atoms with Crippen molar-refractivity contribution in [1.82, 2.24) is 0 Å². The van der Waals surface area contributed by atoms with E-state index in [-0.39, 0.29) is 11.9 Å². The number of hydrogen-bond donors (Lipinski definition) is 2. The molecule has 2 aromatic rings. The first kappa shape index (κ1) is 17.5. The second-order valence-electron chi connectivity index (χ2n) is 6.91. The first-order valence-corrected chi connectivity index (χ1v) is 9.02. The van der Waals surface area contributed by atoms with E-state index >= 15 is 0 Å².